The molecule has 4 nitrogen and oxygen atoms in total. The van der Waals surface area contributed by atoms with Crippen LogP contribution in [-0.4, -0.2) is 23.5 Å². The van der Waals surface area contributed by atoms with Gasteiger partial charge in [0.25, 0.3) is 0 Å². The minimum atomic E-state index is -4.74. The third-order valence-electron chi connectivity index (χ3n) is 4.88. The van der Waals surface area contributed by atoms with E-state index < -0.39 is 6.36 Å². The Bertz CT molecular complexity index is 1010. The molecule has 0 saturated heterocycles. The van der Waals surface area contributed by atoms with Gasteiger partial charge in [-0.15, -0.1) is 25.6 Å². The van der Waals surface area contributed by atoms with Crippen LogP contribution >= 0.6 is 12.4 Å². The molecule has 160 valence electrons. The fourth-order valence-electron chi connectivity index (χ4n) is 3.40. The van der Waals surface area contributed by atoms with E-state index in [4.69, 9.17) is 4.74 Å². The number of ether oxygens (including phenoxy) is 2. The Kier molecular flexibility index (Phi) is 6.67. The molecule has 0 unspecified atom stereocenters. The average molecular weight is 443 g/mol. The van der Waals surface area contributed by atoms with Crippen molar-refractivity contribution in [3.8, 4) is 11.5 Å². The van der Waals surface area contributed by atoms with E-state index in [1.807, 2.05) is 0 Å². The molecular formula is C21H19ClF4N2O2. The van der Waals surface area contributed by atoms with Gasteiger partial charge in [0.2, 0.25) is 0 Å². The monoisotopic (exact) mass is 442 g/mol. The zero-order valence-electron chi connectivity index (χ0n) is 15.7. The average Bonchev–Trinajstić information content (AvgIpc) is 2.63. The van der Waals surface area contributed by atoms with Crippen LogP contribution < -0.4 is 14.8 Å². The minimum Gasteiger partial charge on any atom is -0.490 e. The van der Waals surface area contributed by atoms with Gasteiger partial charge in [0.1, 0.15) is 23.4 Å². The molecule has 1 aliphatic rings. The lowest BCUT2D eigenvalue weighted by molar-refractivity contribution is -0.274. The van der Waals surface area contributed by atoms with Crippen molar-refractivity contribution < 1.29 is 27.0 Å². The minimum absolute atomic E-state index is 0. The molecule has 0 atom stereocenters. The predicted octanol–water partition coefficient (Wildman–Crippen LogP) is 5.39. The van der Waals surface area contributed by atoms with Gasteiger partial charge in [-0.05, 0) is 48.6 Å². The molecule has 1 fully saturated rings. The summed E-state index contributed by atoms with van der Waals surface area (Å²) in [5.74, 6) is -0.266. The number of pyridine rings is 1. The van der Waals surface area contributed by atoms with E-state index in [0.29, 0.717) is 30.7 Å². The van der Waals surface area contributed by atoms with Crippen LogP contribution in [-0.2, 0) is 6.54 Å². The highest BCUT2D eigenvalue weighted by atomic mass is 35.5. The van der Waals surface area contributed by atoms with Crippen LogP contribution in [0.3, 0.4) is 0 Å². The first-order valence-electron chi connectivity index (χ1n) is 9.14. The quantitative estimate of drug-likeness (QED) is 0.519. The summed E-state index contributed by atoms with van der Waals surface area (Å²) in [5.41, 5.74) is 0.589. The summed E-state index contributed by atoms with van der Waals surface area (Å²) in [5, 5.41) is 5.01. The molecule has 1 heterocycles. The molecule has 1 N–H and O–H groups in total. The summed E-state index contributed by atoms with van der Waals surface area (Å²) in [6.45, 7) is 0.374. The standard InChI is InChI=1S/C21H18F4N2O2.ClH/c22-20-5-4-13-11-26-7-6-18(13)19(20)12-27-14-8-17(9-14)28-15-2-1-3-16(10-15)29-21(23,24)25;/h1-7,10-11,14,17,27H,8-9,12H2;1H. The summed E-state index contributed by atoms with van der Waals surface area (Å²) >= 11 is 0. The van der Waals surface area contributed by atoms with Gasteiger partial charge in [0.05, 0.1) is 0 Å². The Balaban J connectivity index is 0.00000256. The van der Waals surface area contributed by atoms with Gasteiger partial charge in [0.15, 0.2) is 0 Å². The van der Waals surface area contributed by atoms with Crippen molar-refractivity contribution in [1.29, 1.82) is 0 Å². The molecule has 0 radical (unpaired) electrons. The molecule has 30 heavy (non-hydrogen) atoms. The maximum absolute atomic E-state index is 14.2. The SMILES string of the molecule is Cl.Fc1ccc2cnccc2c1CNC1CC(Oc2cccc(OC(F)(F)F)c2)C1. The highest BCUT2D eigenvalue weighted by molar-refractivity contribution is 5.85. The molecule has 0 amide bonds. The Morgan fingerprint density at radius 3 is 2.60 bits per heavy atom. The zero-order chi connectivity index (χ0) is 20.4. The summed E-state index contributed by atoms with van der Waals surface area (Å²) in [6, 6.07) is 10.5. The number of aromatic nitrogens is 1. The van der Waals surface area contributed by atoms with Gasteiger partial charge < -0.3 is 14.8 Å². The zero-order valence-corrected chi connectivity index (χ0v) is 16.5. The van der Waals surface area contributed by atoms with E-state index in [1.165, 1.54) is 24.3 Å². The van der Waals surface area contributed by atoms with Gasteiger partial charge in [-0.1, -0.05) is 6.07 Å². The number of rotatable bonds is 6. The van der Waals surface area contributed by atoms with Gasteiger partial charge >= 0.3 is 6.36 Å². The molecule has 0 spiro atoms. The molecule has 0 aliphatic heterocycles. The van der Waals surface area contributed by atoms with Gasteiger partial charge in [-0.25, -0.2) is 4.39 Å². The highest BCUT2D eigenvalue weighted by Crippen LogP contribution is 2.30. The van der Waals surface area contributed by atoms with Crippen LogP contribution in [0.25, 0.3) is 10.8 Å². The van der Waals surface area contributed by atoms with Crippen molar-refractivity contribution in [3.05, 3.63) is 66.2 Å². The molecule has 2 aromatic carbocycles. The second kappa shape index (κ2) is 9.06. The van der Waals surface area contributed by atoms with E-state index in [2.05, 4.69) is 15.0 Å². The van der Waals surface area contributed by atoms with Crippen LogP contribution in [0.15, 0.2) is 54.9 Å². The Morgan fingerprint density at radius 1 is 1.07 bits per heavy atom. The molecular weight excluding hydrogens is 424 g/mol. The maximum atomic E-state index is 14.2. The first kappa shape index (κ1) is 22.1. The summed E-state index contributed by atoms with van der Waals surface area (Å²) < 4.78 is 60.8. The number of hydrogen-bond acceptors (Lipinski definition) is 4. The van der Waals surface area contributed by atoms with Crippen LogP contribution in [0.5, 0.6) is 11.5 Å². The molecule has 0 bridgehead atoms. The van der Waals surface area contributed by atoms with Crippen molar-refractivity contribution >= 4 is 23.2 Å². The fraction of sp³-hybridized carbons (Fsp3) is 0.286. The molecule has 1 saturated carbocycles. The number of hydrogen-bond donors (Lipinski definition) is 1. The highest BCUT2D eigenvalue weighted by Gasteiger charge is 2.32. The summed E-state index contributed by atoms with van der Waals surface area (Å²) in [4.78, 5) is 4.05. The lowest BCUT2D eigenvalue weighted by Crippen LogP contribution is -2.46. The first-order valence-corrected chi connectivity index (χ1v) is 9.14. The lowest BCUT2D eigenvalue weighted by Gasteiger charge is -2.36. The largest absolute Gasteiger partial charge is 0.573 e. The van der Waals surface area contributed by atoms with Crippen LogP contribution in [0.4, 0.5) is 17.6 Å². The number of alkyl halides is 3. The van der Waals surface area contributed by atoms with Crippen LogP contribution in [0, 0.1) is 5.82 Å². The number of nitrogens with zero attached hydrogens (tertiary/aromatic N) is 1. The normalized spacial score (nSPS) is 18.4. The van der Waals surface area contributed by atoms with Crippen molar-refractivity contribution in [1.82, 2.24) is 10.3 Å². The van der Waals surface area contributed by atoms with Gasteiger partial charge in [-0.2, -0.15) is 0 Å². The second-order valence-electron chi connectivity index (χ2n) is 6.93. The second-order valence-corrected chi connectivity index (χ2v) is 6.93. The number of nitrogens with one attached hydrogen (secondary N) is 1. The molecule has 9 heteroatoms. The molecule has 1 aromatic heterocycles. The summed E-state index contributed by atoms with van der Waals surface area (Å²) in [7, 11) is 0. The summed E-state index contributed by atoms with van der Waals surface area (Å²) in [6.07, 6.45) is -0.166. The Morgan fingerprint density at radius 2 is 1.83 bits per heavy atom. The lowest BCUT2D eigenvalue weighted by atomic mass is 9.89. The number of benzene rings is 2. The van der Waals surface area contributed by atoms with E-state index in [0.717, 1.165) is 10.8 Å². The van der Waals surface area contributed by atoms with E-state index in [9.17, 15) is 17.6 Å². The Labute approximate surface area is 176 Å². The van der Waals surface area contributed by atoms with Crippen LogP contribution in [0.2, 0.25) is 0 Å². The van der Waals surface area contributed by atoms with Crippen molar-refractivity contribution in [2.45, 2.75) is 37.9 Å². The molecule has 4 rings (SSSR count). The van der Waals surface area contributed by atoms with Gasteiger partial charge in [0, 0.05) is 42.0 Å². The molecule has 1 aliphatic carbocycles. The van der Waals surface area contributed by atoms with Gasteiger partial charge in [-0.3, -0.25) is 4.98 Å². The first-order chi connectivity index (χ1) is 13.9. The predicted molar refractivity (Wildman–Crippen MR) is 106 cm³/mol. The van der Waals surface area contributed by atoms with Crippen molar-refractivity contribution in [3.63, 3.8) is 0 Å². The topological polar surface area (TPSA) is 43.4 Å². The smallest absolute Gasteiger partial charge is 0.490 e. The van der Waals surface area contributed by atoms with Crippen LogP contribution in [0.1, 0.15) is 18.4 Å². The maximum Gasteiger partial charge on any atom is 0.573 e. The van der Waals surface area contributed by atoms with Crippen molar-refractivity contribution in [2.24, 2.45) is 0 Å². The fourth-order valence-corrected chi connectivity index (χ4v) is 3.40. The van der Waals surface area contributed by atoms with E-state index in [1.54, 1.807) is 30.6 Å². The van der Waals surface area contributed by atoms with E-state index >= 15 is 0 Å². The third kappa shape index (κ3) is 5.31. The third-order valence-corrected chi connectivity index (χ3v) is 4.88. The molecule has 3 aromatic rings. The number of halogens is 5. The Hall–Kier alpha value is -2.58. The number of fused-ring (bicyclic) bond motifs is 1. The van der Waals surface area contributed by atoms with Crippen molar-refractivity contribution in [2.75, 3.05) is 0 Å². The van der Waals surface area contributed by atoms with E-state index in [-0.39, 0.29) is 36.1 Å².